The second kappa shape index (κ2) is 4.05. The highest BCUT2D eigenvalue weighted by atomic mass is 35.5. The maximum Gasteiger partial charge on any atom is 0.0423 e. The van der Waals surface area contributed by atoms with Gasteiger partial charge in [-0.1, -0.05) is 23.2 Å². The van der Waals surface area contributed by atoms with Crippen LogP contribution >= 0.6 is 23.2 Å². The first-order chi connectivity index (χ1) is 6.65. The summed E-state index contributed by atoms with van der Waals surface area (Å²) in [5.41, 5.74) is 1.03. The Morgan fingerprint density at radius 2 is 1.86 bits per heavy atom. The van der Waals surface area contributed by atoms with Gasteiger partial charge < -0.3 is 0 Å². The number of nitrogens with zero attached hydrogens (tertiary/aromatic N) is 1. The van der Waals surface area contributed by atoms with Crippen molar-refractivity contribution in [1.82, 2.24) is 5.12 Å². The second-order valence-corrected chi connectivity index (χ2v) is 4.43. The molecule has 1 fully saturated rings. The van der Waals surface area contributed by atoms with E-state index in [1.807, 2.05) is 12.1 Å². The lowest BCUT2D eigenvalue weighted by Crippen LogP contribution is -2.08. The summed E-state index contributed by atoms with van der Waals surface area (Å²) in [4.78, 5) is 0. The minimum atomic E-state index is 0.219. The maximum absolute atomic E-state index is 12.8. The zero-order chi connectivity index (χ0) is 10.1. The lowest BCUT2D eigenvalue weighted by molar-refractivity contribution is 0.0555. The Morgan fingerprint density at radius 3 is 2.36 bits per heavy atom. The van der Waals surface area contributed by atoms with E-state index in [0.717, 1.165) is 17.1 Å². The van der Waals surface area contributed by atoms with Gasteiger partial charge in [-0.15, -0.1) is 9.60 Å². The molecule has 1 atom stereocenters. The first-order valence-corrected chi connectivity index (χ1v) is 5.27. The van der Waals surface area contributed by atoms with E-state index in [1.165, 1.54) is 0 Å². The Bertz CT molecular complexity index is 323. The standard InChI is InChI=1S/C10H10Cl2FN/c11-9-3-8(4-10(12)5-9)7-1-2-14(13)6-7/h3-5,7H,1-2,6H2/t7-/m1/s1. The summed E-state index contributed by atoms with van der Waals surface area (Å²) in [5.74, 6) is 0.219. The van der Waals surface area contributed by atoms with Crippen molar-refractivity contribution < 1.29 is 4.48 Å². The van der Waals surface area contributed by atoms with Gasteiger partial charge in [0.15, 0.2) is 0 Å². The highest BCUT2D eigenvalue weighted by Crippen LogP contribution is 2.31. The molecule has 76 valence electrons. The number of halogens is 3. The van der Waals surface area contributed by atoms with Crippen LogP contribution in [0.25, 0.3) is 0 Å². The molecule has 0 N–H and O–H groups in total. The maximum atomic E-state index is 12.8. The van der Waals surface area contributed by atoms with Crippen molar-refractivity contribution in [2.45, 2.75) is 12.3 Å². The molecule has 0 spiro atoms. The SMILES string of the molecule is FN1CC[C@@H](c2cc(Cl)cc(Cl)c2)C1. The van der Waals surface area contributed by atoms with Crippen LogP contribution in [0.15, 0.2) is 18.2 Å². The van der Waals surface area contributed by atoms with Gasteiger partial charge in [0, 0.05) is 29.1 Å². The molecule has 0 aliphatic carbocycles. The van der Waals surface area contributed by atoms with Gasteiger partial charge in [-0.2, -0.15) is 0 Å². The fraction of sp³-hybridized carbons (Fsp3) is 0.400. The fourth-order valence-corrected chi connectivity index (χ4v) is 2.34. The summed E-state index contributed by atoms with van der Waals surface area (Å²) < 4.78 is 12.8. The lowest BCUT2D eigenvalue weighted by Gasteiger charge is -2.09. The molecule has 0 aromatic heterocycles. The third kappa shape index (κ3) is 2.19. The molecule has 1 aliphatic rings. The summed E-state index contributed by atoms with van der Waals surface area (Å²) in [6.45, 7) is 0.936. The van der Waals surface area contributed by atoms with Gasteiger partial charge in [0.1, 0.15) is 0 Å². The molecule has 1 aliphatic heterocycles. The summed E-state index contributed by atoms with van der Waals surface area (Å²) in [7, 11) is 0. The summed E-state index contributed by atoms with van der Waals surface area (Å²) >= 11 is 11.7. The molecule has 1 heterocycles. The minimum absolute atomic E-state index is 0.219. The van der Waals surface area contributed by atoms with E-state index in [9.17, 15) is 4.48 Å². The Kier molecular flexibility index (Phi) is 2.96. The number of hydrogen-bond acceptors (Lipinski definition) is 1. The normalized spacial score (nSPS) is 22.9. The van der Waals surface area contributed by atoms with Crippen molar-refractivity contribution in [3.8, 4) is 0 Å². The van der Waals surface area contributed by atoms with Crippen LogP contribution in [0.4, 0.5) is 4.48 Å². The Labute approximate surface area is 92.4 Å². The van der Waals surface area contributed by atoms with Crippen molar-refractivity contribution in [2.75, 3.05) is 13.1 Å². The van der Waals surface area contributed by atoms with Gasteiger partial charge in [0.05, 0.1) is 0 Å². The minimum Gasteiger partial charge on any atom is -0.146 e. The molecule has 0 bridgehead atoms. The average Bonchev–Trinajstić information content (AvgIpc) is 2.50. The smallest absolute Gasteiger partial charge is 0.0423 e. The van der Waals surface area contributed by atoms with Gasteiger partial charge in [-0.3, -0.25) is 0 Å². The van der Waals surface area contributed by atoms with Crippen LogP contribution in [0, 0.1) is 0 Å². The van der Waals surface area contributed by atoms with Crippen molar-refractivity contribution in [2.24, 2.45) is 0 Å². The van der Waals surface area contributed by atoms with E-state index in [-0.39, 0.29) is 5.92 Å². The molecule has 1 saturated heterocycles. The summed E-state index contributed by atoms with van der Waals surface area (Å²) in [6, 6.07) is 5.41. The van der Waals surface area contributed by atoms with Crippen molar-refractivity contribution >= 4 is 23.2 Å². The van der Waals surface area contributed by atoms with E-state index in [2.05, 4.69) is 0 Å². The zero-order valence-electron chi connectivity index (χ0n) is 7.51. The molecule has 1 aromatic carbocycles. The lowest BCUT2D eigenvalue weighted by atomic mass is 9.99. The highest BCUT2D eigenvalue weighted by Gasteiger charge is 2.24. The van der Waals surface area contributed by atoms with E-state index in [0.29, 0.717) is 23.1 Å². The molecule has 1 aromatic rings. The predicted molar refractivity (Wildman–Crippen MR) is 56.5 cm³/mol. The third-order valence-electron chi connectivity index (χ3n) is 2.49. The number of hydrogen-bond donors (Lipinski definition) is 0. The van der Waals surface area contributed by atoms with E-state index < -0.39 is 0 Å². The topological polar surface area (TPSA) is 3.24 Å². The number of benzene rings is 1. The molecular formula is C10H10Cl2FN. The molecule has 4 heteroatoms. The van der Waals surface area contributed by atoms with Crippen LogP contribution in [0.3, 0.4) is 0 Å². The van der Waals surface area contributed by atoms with E-state index in [4.69, 9.17) is 23.2 Å². The van der Waals surface area contributed by atoms with Crippen LogP contribution in [0.5, 0.6) is 0 Å². The molecule has 0 amide bonds. The Morgan fingerprint density at radius 1 is 1.21 bits per heavy atom. The van der Waals surface area contributed by atoms with Crippen LogP contribution < -0.4 is 0 Å². The Balaban J connectivity index is 2.23. The van der Waals surface area contributed by atoms with Gasteiger partial charge in [-0.05, 0) is 30.2 Å². The van der Waals surface area contributed by atoms with Crippen LogP contribution in [0.1, 0.15) is 17.9 Å². The predicted octanol–water partition coefficient (Wildman–Crippen LogP) is 3.67. The number of rotatable bonds is 1. The van der Waals surface area contributed by atoms with Gasteiger partial charge in [0.2, 0.25) is 0 Å². The highest BCUT2D eigenvalue weighted by molar-refractivity contribution is 6.34. The molecule has 0 unspecified atom stereocenters. The Hall–Kier alpha value is -0.310. The fourth-order valence-electron chi connectivity index (χ4n) is 1.80. The second-order valence-electron chi connectivity index (χ2n) is 3.56. The molecular weight excluding hydrogens is 224 g/mol. The summed E-state index contributed by atoms with van der Waals surface area (Å²) in [6.07, 6.45) is 0.827. The zero-order valence-corrected chi connectivity index (χ0v) is 9.02. The third-order valence-corrected chi connectivity index (χ3v) is 2.93. The van der Waals surface area contributed by atoms with Crippen molar-refractivity contribution in [3.05, 3.63) is 33.8 Å². The van der Waals surface area contributed by atoms with Gasteiger partial charge >= 0.3 is 0 Å². The molecule has 0 radical (unpaired) electrons. The molecule has 2 rings (SSSR count). The van der Waals surface area contributed by atoms with E-state index in [1.54, 1.807) is 6.07 Å². The van der Waals surface area contributed by atoms with Crippen LogP contribution in [-0.2, 0) is 0 Å². The first-order valence-electron chi connectivity index (χ1n) is 4.52. The van der Waals surface area contributed by atoms with Crippen LogP contribution in [-0.4, -0.2) is 18.2 Å². The largest absolute Gasteiger partial charge is 0.146 e. The molecule has 14 heavy (non-hydrogen) atoms. The quantitative estimate of drug-likeness (QED) is 0.670. The molecule has 0 saturated carbocycles. The van der Waals surface area contributed by atoms with Crippen molar-refractivity contribution in [1.29, 1.82) is 0 Å². The average molecular weight is 234 g/mol. The van der Waals surface area contributed by atoms with Gasteiger partial charge in [-0.25, -0.2) is 0 Å². The van der Waals surface area contributed by atoms with Gasteiger partial charge in [0.25, 0.3) is 0 Å². The van der Waals surface area contributed by atoms with Crippen LogP contribution in [0.2, 0.25) is 10.0 Å². The summed E-state index contributed by atoms with van der Waals surface area (Å²) in [5, 5.41) is 2.06. The van der Waals surface area contributed by atoms with Crippen molar-refractivity contribution in [3.63, 3.8) is 0 Å². The monoisotopic (exact) mass is 233 g/mol. The first kappa shape index (κ1) is 10.2. The molecule has 1 nitrogen and oxygen atoms in total. The van der Waals surface area contributed by atoms with E-state index >= 15 is 0 Å².